The maximum absolute atomic E-state index is 12.0. The third-order valence-electron chi connectivity index (χ3n) is 3.72. The second-order valence-corrected chi connectivity index (χ2v) is 5.99. The highest BCUT2D eigenvalue weighted by Gasteiger charge is 2.18. The summed E-state index contributed by atoms with van der Waals surface area (Å²) in [6, 6.07) is 0.101. The normalized spacial score (nSPS) is 14.7. The van der Waals surface area contributed by atoms with Gasteiger partial charge in [0.15, 0.2) is 0 Å². The van der Waals surface area contributed by atoms with E-state index in [0.717, 1.165) is 12.8 Å². The molecule has 4 heteroatoms. The second-order valence-electron chi connectivity index (χ2n) is 5.99. The first-order valence-electron chi connectivity index (χ1n) is 7.40. The summed E-state index contributed by atoms with van der Waals surface area (Å²) in [6.45, 7) is 9.84. The van der Waals surface area contributed by atoms with Crippen LogP contribution in [-0.4, -0.2) is 32.2 Å². The molecule has 0 fully saturated rings. The largest absolute Gasteiger partial charge is 0.383 e. The van der Waals surface area contributed by atoms with E-state index in [1.165, 1.54) is 0 Å². The predicted molar refractivity (Wildman–Crippen MR) is 79.9 cm³/mol. The van der Waals surface area contributed by atoms with Crippen molar-refractivity contribution in [1.82, 2.24) is 5.32 Å². The molecule has 3 N–H and O–H groups in total. The number of amides is 1. The van der Waals surface area contributed by atoms with Crippen molar-refractivity contribution in [3.63, 3.8) is 0 Å². The molecule has 2 unspecified atom stereocenters. The van der Waals surface area contributed by atoms with Gasteiger partial charge in [-0.2, -0.15) is 0 Å². The lowest BCUT2D eigenvalue weighted by molar-refractivity contribution is -0.122. The summed E-state index contributed by atoms with van der Waals surface area (Å²) in [7, 11) is 1.66. The first-order chi connectivity index (χ1) is 8.92. The van der Waals surface area contributed by atoms with Gasteiger partial charge in [-0.1, -0.05) is 27.7 Å². The molecule has 0 aliphatic rings. The lowest BCUT2D eigenvalue weighted by atomic mass is 9.88. The van der Waals surface area contributed by atoms with E-state index in [-0.39, 0.29) is 11.9 Å². The Bertz CT molecular complexity index is 242. The van der Waals surface area contributed by atoms with Crippen molar-refractivity contribution in [2.75, 3.05) is 20.3 Å². The number of carbonyl (C=O) groups excluding carboxylic acids is 1. The molecular weight excluding hydrogens is 240 g/mol. The minimum absolute atomic E-state index is 0.101. The number of carbonyl (C=O) groups is 1. The van der Waals surface area contributed by atoms with Gasteiger partial charge in [0.25, 0.3) is 0 Å². The summed E-state index contributed by atoms with van der Waals surface area (Å²) in [4.78, 5) is 12.0. The molecule has 2 atom stereocenters. The molecule has 0 spiro atoms. The van der Waals surface area contributed by atoms with Gasteiger partial charge >= 0.3 is 0 Å². The van der Waals surface area contributed by atoms with Crippen molar-refractivity contribution in [3.05, 3.63) is 0 Å². The highest BCUT2D eigenvalue weighted by Crippen LogP contribution is 2.20. The second kappa shape index (κ2) is 10.2. The molecule has 0 heterocycles. The Balaban J connectivity index is 4.14. The minimum Gasteiger partial charge on any atom is -0.383 e. The van der Waals surface area contributed by atoms with Crippen molar-refractivity contribution in [2.24, 2.45) is 23.5 Å². The number of nitrogens with one attached hydrogen (secondary N) is 1. The van der Waals surface area contributed by atoms with Gasteiger partial charge in [-0.25, -0.2) is 0 Å². The summed E-state index contributed by atoms with van der Waals surface area (Å²) in [5.74, 6) is 1.62. The average molecular weight is 272 g/mol. The number of ether oxygens (including phenoxy) is 1. The highest BCUT2D eigenvalue weighted by atomic mass is 16.5. The van der Waals surface area contributed by atoms with Crippen LogP contribution < -0.4 is 11.1 Å². The van der Waals surface area contributed by atoms with Gasteiger partial charge in [0.2, 0.25) is 5.91 Å². The SMILES string of the molecule is COCC(NC(=O)CCC(CCN)C(C)C)C(C)C. The van der Waals surface area contributed by atoms with Gasteiger partial charge < -0.3 is 15.8 Å². The van der Waals surface area contributed by atoms with Crippen LogP contribution in [0.5, 0.6) is 0 Å². The summed E-state index contributed by atoms with van der Waals surface area (Å²) >= 11 is 0. The van der Waals surface area contributed by atoms with Crippen LogP contribution in [0.1, 0.15) is 47.0 Å². The van der Waals surface area contributed by atoms with Crippen LogP contribution in [0.15, 0.2) is 0 Å². The monoisotopic (exact) mass is 272 g/mol. The molecule has 0 radical (unpaired) electrons. The van der Waals surface area contributed by atoms with Gasteiger partial charge in [-0.05, 0) is 37.1 Å². The first kappa shape index (κ1) is 18.4. The molecule has 0 aromatic heterocycles. The molecular formula is C15H32N2O2. The van der Waals surface area contributed by atoms with E-state index in [1.54, 1.807) is 7.11 Å². The average Bonchev–Trinajstić information content (AvgIpc) is 2.33. The molecule has 0 aliphatic carbocycles. The quantitative estimate of drug-likeness (QED) is 0.640. The third-order valence-corrected chi connectivity index (χ3v) is 3.72. The molecule has 114 valence electrons. The van der Waals surface area contributed by atoms with Crippen molar-refractivity contribution in [1.29, 1.82) is 0 Å². The fraction of sp³-hybridized carbons (Fsp3) is 0.933. The molecule has 0 aromatic rings. The number of nitrogens with two attached hydrogens (primary N) is 1. The minimum atomic E-state index is 0.101. The lowest BCUT2D eigenvalue weighted by Crippen LogP contribution is -2.41. The molecule has 0 bridgehead atoms. The van der Waals surface area contributed by atoms with Gasteiger partial charge in [0.05, 0.1) is 12.6 Å². The summed E-state index contributed by atoms with van der Waals surface area (Å²) in [6.07, 6.45) is 2.49. The van der Waals surface area contributed by atoms with Gasteiger partial charge in [-0.3, -0.25) is 4.79 Å². The zero-order valence-corrected chi connectivity index (χ0v) is 13.2. The van der Waals surface area contributed by atoms with Crippen LogP contribution >= 0.6 is 0 Å². The van der Waals surface area contributed by atoms with E-state index >= 15 is 0 Å². The van der Waals surface area contributed by atoms with Crippen molar-refractivity contribution in [2.45, 2.75) is 53.0 Å². The van der Waals surface area contributed by atoms with E-state index in [0.29, 0.717) is 37.3 Å². The van der Waals surface area contributed by atoms with E-state index in [2.05, 4.69) is 33.0 Å². The first-order valence-corrected chi connectivity index (χ1v) is 7.40. The summed E-state index contributed by atoms with van der Waals surface area (Å²) in [5, 5.41) is 3.06. The molecule has 0 saturated carbocycles. The van der Waals surface area contributed by atoms with E-state index in [1.807, 2.05) is 0 Å². The molecule has 0 rings (SSSR count). The van der Waals surface area contributed by atoms with Crippen molar-refractivity contribution >= 4 is 5.91 Å². The van der Waals surface area contributed by atoms with Gasteiger partial charge in [-0.15, -0.1) is 0 Å². The highest BCUT2D eigenvalue weighted by molar-refractivity contribution is 5.76. The maximum Gasteiger partial charge on any atom is 0.220 e. The number of rotatable bonds is 10. The Morgan fingerprint density at radius 2 is 1.79 bits per heavy atom. The Labute approximate surface area is 118 Å². The van der Waals surface area contributed by atoms with Crippen LogP contribution in [0.2, 0.25) is 0 Å². The van der Waals surface area contributed by atoms with Crippen LogP contribution in [0.25, 0.3) is 0 Å². The third kappa shape index (κ3) is 8.22. The van der Waals surface area contributed by atoms with Gasteiger partial charge in [0.1, 0.15) is 0 Å². The van der Waals surface area contributed by atoms with Crippen molar-refractivity contribution in [3.8, 4) is 0 Å². The maximum atomic E-state index is 12.0. The predicted octanol–water partition coefficient (Wildman–Crippen LogP) is 2.17. The lowest BCUT2D eigenvalue weighted by Gasteiger charge is -2.23. The van der Waals surface area contributed by atoms with E-state index in [9.17, 15) is 4.79 Å². The topological polar surface area (TPSA) is 64.3 Å². The van der Waals surface area contributed by atoms with Gasteiger partial charge in [0, 0.05) is 13.5 Å². The molecule has 0 aliphatic heterocycles. The molecule has 19 heavy (non-hydrogen) atoms. The Morgan fingerprint density at radius 1 is 1.16 bits per heavy atom. The number of hydrogen-bond donors (Lipinski definition) is 2. The molecule has 0 aromatic carbocycles. The zero-order chi connectivity index (χ0) is 14.8. The Kier molecular flexibility index (Phi) is 9.88. The molecule has 1 amide bonds. The fourth-order valence-electron chi connectivity index (χ4n) is 2.20. The van der Waals surface area contributed by atoms with Crippen LogP contribution in [0.4, 0.5) is 0 Å². The number of methoxy groups -OCH3 is 1. The molecule has 4 nitrogen and oxygen atoms in total. The smallest absolute Gasteiger partial charge is 0.220 e. The number of hydrogen-bond acceptors (Lipinski definition) is 3. The Morgan fingerprint density at radius 3 is 2.21 bits per heavy atom. The zero-order valence-electron chi connectivity index (χ0n) is 13.2. The van der Waals surface area contributed by atoms with Crippen molar-refractivity contribution < 1.29 is 9.53 Å². The molecule has 0 saturated heterocycles. The fourth-order valence-corrected chi connectivity index (χ4v) is 2.20. The van der Waals surface area contributed by atoms with E-state index in [4.69, 9.17) is 10.5 Å². The Hall–Kier alpha value is -0.610. The van der Waals surface area contributed by atoms with Crippen LogP contribution in [0, 0.1) is 17.8 Å². The summed E-state index contributed by atoms with van der Waals surface area (Å²) < 4.78 is 5.14. The van der Waals surface area contributed by atoms with Crippen LogP contribution in [-0.2, 0) is 9.53 Å². The standard InChI is InChI=1S/C15H32N2O2/c1-11(2)13(8-9-16)6-7-15(18)17-14(10-19-5)12(3)4/h11-14H,6-10,16H2,1-5H3,(H,17,18). The van der Waals surface area contributed by atoms with E-state index < -0.39 is 0 Å². The van der Waals surface area contributed by atoms with Crippen LogP contribution in [0.3, 0.4) is 0 Å². The summed E-state index contributed by atoms with van der Waals surface area (Å²) in [5.41, 5.74) is 5.62.